The van der Waals surface area contributed by atoms with Crippen LogP contribution in [0.25, 0.3) is 0 Å². The topological polar surface area (TPSA) is 78.6 Å². The minimum Gasteiger partial charge on any atom is -0.484 e. The number of carbonyl (C=O) groups excluding carboxylic acids is 2. The summed E-state index contributed by atoms with van der Waals surface area (Å²) in [7, 11) is 0. The van der Waals surface area contributed by atoms with Gasteiger partial charge in [0.1, 0.15) is 11.9 Å². The fraction of sp³-hybridized carbons (Fsp3) is 0.579. The number of rotatable bonds is 5. The second-order valence-electron chi connectivity index (χ2n) is 7.68. The average molecular weight is 331 g/mol. The van der Waals surface area contributed by atoms with Gasteiger partial charge < -0.3 is 15.2 Å². The number of hydrogen-bond acceptors (Lipinski definition) is 4. The van der Waals surface area contributed by atoms with Crippen molar-refractivity contribution in [3.05, 3.63) is 29.8 Å². The lowest BCUT2D eigenvalue weighted by atomic mass is 9.45. The molecule has 3 fully saturated rings. The lowest BCUT2D eigenvalue weighted by molar-refractivity contribution is -0.156. The maximum atomic E-state index is 12.5. The normalized spacial score (nSPS) is 30.1. The molecular formula is C19H25NO4. The molecule has 24 heavy (non-hydrogen) atoms. The van der Waals surface area contributed by atoms with Gasteiger partial charge in [0.2, 0.25) is 0 Å². The van der Waals surface area contributed by atoms with Gasteiger partial charge in [-0.2, -0.15) is 0 Å². The molecule has 1 aromatic carbocycles. The Labute approximate surface area is 142 Å². The van der Waals surface area contributed by atoms with Crippen molar-refractivity contribution in [3.8, 4) is 5.75 Å². The molecule has 3 aliphatic rings. The average Bonchev–Trinajstić information content (AvgIpc) is 2.54. The van der Waals surface area contributed by atoms with E-state index in [4.69, 9.17) is 15.2 Å². The number of nitrogens with two attached hydrogens (primary N) is 1. The molecule has 1 aromatic rings. The third-order valence-corrected chi connectivity index (χ3v) is 5.99. The molecule has 0 spiro atoms. The van der Waals surface area contributed by atoms with Crippen molar-refractivity contribution < 1.29 is 19.1 Å². The summed E-state index contributed by atoms with van der Waals surface area (Å²) in [6.07, 6.45) is 2.16. The minimum absolute atomic E-state index is 0.0236. The van der Waals surface area contributed by atoms with Gasteiger partial charge in [-0.05, 0) is 54.2 Å². The van der Waals surface area contributed by atoms with Gasteiger partial charge >= 0.3 is 5.97 Å². The third-order valence-electron chi connectivity index (χ3n) is 5.99. The molecule has 2 N–H and O–H groups in total. The second kappa shape index (κ2) is 6.11. The summed E-state index contributed by atoms with van der Waals surface area (Å²) in [4.78, 5) is 23.2. The first-order chi connectivity index (χ1) is 11.3. The molecule has 3 aliphatic carbocycles. The van der Waals surface area contributed by atoms with Crippen LogP contribution in [0.5, 0.6) is 5.75 Å². The Kier molecular flexibility index (Phi) is 4.28. The summed E-state index contributed by atoms with van der Waals surface area (Å²) in [5, 5.41) is 0. The van der Waals surface area contributed by atoms with Crippen LogP contribution in [-0.2, 0) is 9.53 Å². The van der Waals surface area contributed by atoms with Crippen LogP contribution in [0.4, 0.5) is 0 Å². The van der Waals surface area contributed by atoms with Crippen molar-refractivity contribution in [3.63, 3.8) is 0 Å². The molecule has 1 amide bonds. The van der Waals surface area contributed by atoms with Crippen molar-refractivity contribution in [1.82, 2.24) is 0 Å². The lowest BCUT2D eigenvalue weighted by Crippen LogP contribution is -2.57. The summed E-state index contributed by atoms with van der Waals surface area (Å²) < 4.78 is 11.0. The first-order valence-electron chi connectivity index (χ1n) is 8.51. The standard InChI is InChI=1S/C19H25NO4/c1-11-15-8-13(19(15,2)3)9-16(11)24-18(22)12-5-4-6-14(7-12)23-10-17(20)21/h4-7,11,13,15-16H,8-10H2,1-3H3,(H2,20,21)/t11-,13+,15+,16-/m0/s1. The number of fused-ring (bicyclic) bond motifs is 2. The molecule has 130 valence electrons. The molecule has 5 nitrogen and oxygen atoms in total. The minimum atomic E-state index is -0.555. The van der Waals surface area contributed by atoms with E-state index in [1.807, 2.05) is 0 Å². The zero-order chi connectivity index (χ0) is 17.5. The van der Waals surface area contributed by atoms with Gasteiger partial charge in [-0.3, -0.25) is 4.79 Å². The first kappa shape index (κ1) is 16.8. The monoisotopic (exact) mass is 331 g/mol. The van der Waals surface area contributed by atoms with Crippen molar-refractivity contribution in [2.45, 2.75) is 39.7 Å². The van der Waals surface area contributed by atoms with E-state index in [2.05, 4.69) is 20.8 Å². The summed E-state index contributed by atoms with van der Waals surface area (Å²) in [6.45, 7) is 6.61. The van der Waals surface area contributed by atoms with E-state index in [1.165, 1.54) is 6.42 Å². The largest absolute Gasteiger partial charge is 0.484 e. The Hall–Kier alpha value is -2.04. The summed E-state index contributed by atoms with van der Waals surface area (Å²) in [5.74, 6) is 1.18. The first-order valence-corrected chi connectivity index (χ1v) is 8.51. The summed E-state index contributed by atoms with van der Waals surface area (Å²) in [5.41, 5.74) is 5.86. The quantitative estimate of drug-likeness (QED) is 0.842. The Bertz CT molecular complexity index is 655. The van der Waals surface area contributed by atoms with E-state index >= 15 is 0 Å². The third kappa shape index (κ3) is 2.99. The molecule has 4 atom stereocenters. The maximum absolute atomic E-state index is 12.5. The second-order valence-corrected chi connectivity index (χ2v) is 7.68. The molecule has 3 saturated carbocycles. The number of hydrogen-bond donors (Lipinski definition) is 1. The Morgan fingerprint density at radius 3 is 2.67 bits per heavy atom. The van der Waals surface area contributed by atoms with E-state index in [0.29, 0.717) is 34.5 Å². The van der Waals surface area contributed by atoms with Gasteiger partial charge in [-0.25, -0.2) is 4.79 Å². The number of esters is 1. The smallest absolute Gasteiger partial charge is 0.338 e. The van der Waals surface area contributed by atoms with Gasteiger partial charge in [-0.1, -0.05) is 26.8 Å². The SMILES string of the molecule is C[C@@H]1[C@@H](OC(=O)c2cccc(OCC(N)=O)c2)C[C@H]2C[C@H]1C2(C)C. The Morgan fingerprint density at radius 2 is 2.04 bits per heavy atom. The van der Waals surface area contributed by atoms with Crippen LogP contribution in [0.15, 0.2) is 24.3 Å². The molecule has 5 heteroatoms. The molecule has 0 aromatic heterocycles. The number of primary amides is 1. The molecule has 0 saturated heterocycles. The van der Waals surface area contributed by atoms with E-state index in [0.717, 1.165) is 6.42 Å². The number of ether oxygens (including phenoxy) is 2. The van der Waals surface area contributed by atoms with Crippen molar-refractivity contribution in [2.24, 2.45) is 28.9 Å². The predicted molar refractivity (Wildman–Crippen MR) is 89.5 cm³/mol. The molecule has 0 heterocycles. The van der Waals surface area contributed by atoms with Crippen LogP contribution in [0, 0.1) is 23.2 Å². The molecule has 4 rings (SSSR count). The van der Waals surface area contributed by atoms with Crippen LogP contribution >= 0.6 is 0 Å². The van der Waals surface area contributed by atoms with Gasteiger partial charge in [0.05, 0.1) is 5.56 Å². The van der Waals surface area contributed by atoms with Crippen LogP contribution in [0.2, 0.25) is 0 Å². The maximum Gasteiger partial charge on any atom is 0.338 e. The number of amides is 1. The number of benzene rings is 1. The van der Waals surface area contributed by atoms with Gasteiger partial charge in [0, 0.05) is 0 Å². The van der Waals surface area contributed by atoms with Crippen molar-refractivity contribution in [2.75, 3.05) is 6.61 Å². The van der Waals surface area contributed by atoms with Gasteiger partial charge in [0.15, 0.2) is 6.61 Å². The van der Waals surface area contributed by atoms with Crippen molar-refractivity contribution in [1.29, 1.82) is 0 Å². The van der Waals surface area contributed by atoms with E-state index in [1.54, 1.807) is 24.3 Å². The highest BCUT2D eigenvalue weighted by atomic mass is 16.5. The Balaban J connectivity index is 1.63. The Morgan fingerprint density at radius 1 is 1.29 bits per heavy atom. The molecular weight excluding hydrogens is 306 g/mol. The fourth-order valence-corrected chi connectivity index (χ4v) is 4.33. The zero-order valence-electron chi connectivity index (χ0n) is 14.5. The van der Waals surface area contributed by atoms with E-state index in [9.17, 15) is 9.59 Å². The number of carbonyl (C=O) groups is 2. The van der Waals surface area contributed by atoms with Gasteiger partial charge in [-0.15, -0.1) is 0 Å². The molecule has 0 aliphatic heterocycles. The van der Waals surface area contributed by atoms with Crippen molar-refractivity contribution >= 4 is 11.9 Å². The van der Waals surface area contributed by atoms with Crippen LogP contribution in [0.3, 0.4) is 0 Å². The molecule has 0 radical (unpaired) electrons. The highest BCUT2D eigenvalue weighted by Gasteiger charge is 2.57. The highest BCUT2D eigenvalue weighted by molar-refractivity contribution is 5.90. The highest BCUT2D eigenvalue weighted by Crippen LogP contribution is 2.61. The fourth-order valence-electron chi connectivity index (χ4n) is 4.33. The van der Waals surface area contributed by atoms with E-state index < -0.39 is 5.91 Å². The zero-order valence-corrected chi connectivity index (χ0v) is 14.5. The van der Waals surface area contributed by atoms with Crippen LogP contribution in [-0.4, -0.2) is 24.6 Å². The van der Waals surface area contributed by atoms with Crippen LogP contribution < -0.4 is 10.5 Å². The van der Waals surface area contributed by atoms with Crippen LogP contribution in [0.1, 0.15) is 44.0 Å². The summed E-state index contributed by atoms with van der Waals surface area (Å²) in [6, 6.07) is 6.67. The molecule has 2 bridgehead atoms. The summed E-state index contributed by atoms with van der Waals surface area (Å²) >= 11 is 0. The van der Waals surface area contributed by atoms with E-state index in [-0.39, 0.29) is 18.7 Å². The lowest BCUT2D eigenvalue weighted by Gasteiger charge is -2.61. The van der Waals surface area contributed by atoms with Gasteiger partial charge in [0.25, 0.3) is 5.91 Å². The predicted octanol–water partition coefficient (Wildman–Crippen LogP) is 2.78. The molecule has 0 unspecified atom stereocenters.